The Morgan fingerprint density at radius 1 is 0.979 bits per heavy atom. The lowest BCUT2D eigenvalue weighted by Crippen LogP contribution is -2.68. The molecule has 10 nitrogen and oxygen atoms in total. The fraction of sp³-hybridized carbons (Fsp3) is 0.722. The van der Waals surface area contributed by atoms with Gasteiger partial charge < -0.3 is 19.5 Å². The fourth-order valence-electron chi connectivity index (χ4n) is 12.0. The summed E-state index contributed by atoms with van der Waals surface area (Å²) in [6, 6.07) is 2.20. The number of aliphatic carboxylic acids is 2. The zero-order valence-corrected chi connectivity index (χ0v) is 28.5. The fourth-order valence-corrected chi connectivity index (χ4v) is 12.0. The van der Waals surface area contributed by atoms with Crippen LogP contribution >= 0.6 is 0 Å². The molecule has 7 aliphatic rings. The summed E-state index contributed by atoms with van der Waals surface area (Å²) in [7, 11) is -1.08. The van der Waals surface area contributed by atoms with E-state index in [4.69, 9.17) is 14.3 Å². The number of carbonyl (C=O) groups excluding carboxylic acids is 2. The third-order valence-corrected chi connectivity index (χ3v) is 14.6. The summed E-state index contributed by atoms with van der Waals surface area (Å²) >= 11 is 0. The number of rotatable bonds is 5. The summed E-state index contributed by atoms with van der Waals surface area (Å²) in [6.45, 7) is 15.3. The highest BCUT2D eigenvalue weighted by molar-refractivity contribution is 6.54. The molecule has 0 amide bonds. The second-order valence-corrected chi connectivity index (χ2v) is 17.7. The zero-order chi connectivity index (χ0) is 34.4. The van der Waals surface area contributed by atoms with Gasteiger partial charge in [0.1, 0.15) is 11.6 Å². The van der Waals surface area contributed by atoms with Gasteiger partial charge in [0.15, 0.2) is 11.4 Å². The first-order valence-corrected chi connectivity index (χ1v) is 17.0. The van der Waals surface area contributed by atoms with Crippen LogP contribution < -0.4 is 0 Å². The Bertz CT molecular complexity index is 1670. The zero-order valence-electron chi connectivity index (χ0n) is 28.5. The van der Waals surface area contributed by atoms with Crippen molar-refractivity contribution >= 4 is 36.5 Å². The number of nitrogens with zero attached hydrogens (tertiary/aromatic N) is 2. The van der Waals surface area contributed by atoms with Gasteiger partial charge in [-0.1, -0.05) is 60.1 Å². The number of ketones is 1. The van der Waals surface area contributed by atoms with E-state index in [-0.39, 0.29) is 39.4 Å². The number of nitriles is 1. The average molecular weight is 645 g/mol. The van der Waals surface area contributed by atoms with Crippen LogP contribution in [-0.2, 0) is 28.5 Å². The number of hydrogen-bond donors (Lipinski definition) is 2. The molecule has 0 bridgehead atoms. The van der Waals surface area contributed by atoms with E-state index in [1.807, 2.05) is 19.9 Å². The van der Waals surface area contributed by atoms with Crippen LogP contribution in [0.5, 0.6) is 0 Å². The molecule has 47 heavy (non-hydrogen) atoms. The van der Waals surface area contributed by atoms with E-state index in [1.54, 1.807) is 0 Å². The van der Waals surface area contributed by atoms with Crippen LogP contribution in [0.3, 0.4) is 0 Å². The van der Waals surface area contributed by atoms with Crippen molar-refractivity contribution in [3.8, 4) is 6.07 Å². The van der Waals surface area contributed by atoms with Crippen molar-refractivity contribution in [2.24, 2.45) is 43.9 Å². The first-order chi connectivity index (χ1) is 21.7. The molecule has 4 fully saturated rings. The van der Waals surface area contributed by atoms with Crippen molar-refractivity contribution in [1.82, 2.24) is 0 Å². The third-order valence-electron chi connectivity index (χ3n) is 14.6. The molecule has 250 valence electrons. The average Bonchev–Trinajstić information content (AvgIpc) is 3.61. The number of carboxylic acid groups (broad SMARTS) is 2. The van der Waals surface area contributed by atoms with Gasteiger partial charge in [0, 0.05) is 21.6 Å². The van der Waals surface area contributed by atoms with Gasteiger partial charge in [-0.05, 0) is 73.7 Å². The molecule has 11 heteroatoms. The van der Waals surface area contributed by atoms with Crippen LogP contribution in [-0.4, -0.2) is 57.9 Å². The molecule has 1 saturated heterocycles. The van der Waals surface area contributed by atoms with E-state index in [2.05, 4.69) is 46.8 Å². The Kier molecular flexibility index (Phi) is 6.36. The van der Waals surface area contributed by atoms with E-state index < -0.39 is 65.2 Å². The number of hydrogen-bond acceptors (Lipinski definition) is 8. The van der Waals surface area contributed by atoms with Gasteiger partial charge in [0.2, 0.25) is 0 Å². The first-order valence-electron chi connectivity index (χ1n) is 17.0. The van der Waals surface area contributed by atoms with Crippen molar-refractivity contribution in [3.05, 3.63) is 23.3 Å². The normalized spacial score (nSPS) is 43.3. The molecule has 0 aromatic heterocycles. The largest absolute Gasteiger partial charge is 0.535 e. The maximum atomic E-state index is 13.4. The lowest BCUT2D eigenvalue weighted by atomic mass is 9.29. The molecule has 3 saturated carbocycles. The molecule has 0 aromatic carbocycles. The minimum Gasteiger partial charge on any atom is -0.507 e. The van der Waals surface area contributed by atoms with Crippen molar-refractivity contribution in [2.75, 3.05) is 0 Å². The molecule has 0 aromatic rings. The monoisotopic (exact) mass is 644 g/mol. The number of carbonyl (C=O) groups is 4. The molecular formula is C36H45BN2O8. The first kappa shape index (κ1) is 32.3. The third kappa shape index (κ3) is 3.79. The number of carboxylic acids is 2. The van der Waals surface area contributed by atoms with E-state index in [0.717, 1.165) is 37.8 Å². The van der Waals surface area contributed by atoms with E-state index in [9.17, 15) is 34.7 Å². The maximum Gasteiger partial charge on any atom is 0.535 e. The van der Waals surface area contributed by atoms with Crippen molar-refractivity contribution in [3.63, 3.8) is 0 Å². The number of aliphatic imine (C=N–C) groups is 1. The predicted molar refractivity (Wildman–Crippen MR) is 171 cm³/mol. The van der Waals surface area contributed by atoms with Crippen LogP contribution in [0.4, 0.5) is 0 Å². The van der Waals surface area contributed by atoms with Gasteiger partial charge in [-0.2, -0.15) is 5.26 Å². The molecule has 2 heterocycles. The van der Waals surface area contributed by atoms with Crippen LogP contribution in [0.15, 0.2) is 28.3 Å². The highest BCUT2D eigenvalue weighted by Gasteiger charge is 2.82. The summed E-state index contributed by atoms with van der Waals surface area (Å²) in [4.78, 5) is 56.0. The number of Topliss-reactive ketones (excluding diaryl/α,β-unsaturated/α-hetero) is 1. The molecule has 5 aliphatic carbocycles. The number of allylic oxidation sites excluding steroid dienone is 3. The molecule has 2 N–H and O–H groups in total. The Labute approximate surface area is 276 Å². The molecule has 1 spiro atoms. The molecule has 0 radical (unpaired) electrons. The SMILES string of the molecule is CC1(C)CC[C@]2(B3OC(=O)C(CC(=O)O)(CC(=O)O)O3)CC[C@@]3(C)[C@]4(C)CC[C@H]5C(C)(C)C(=O)C(C#N)=C[C@]5(C)C4=CC4=N[C@]43[C@@H]2C1. The van der Waals surface area contributed by atoms with Gasteiger partial charge in [0.25, 0.3) is 0 Å². The molecule has 0 unspecified atom stereocenters. The summed E-state index contributed by atoms with van der Waals surface area (Å²) < 4.78 is 12.3. The predicted octanol–water partition coefficient (Wildman–Crippen LogP) is 5.72. The van der Waals surface area contributed by atoms with Crippen LogP contribution in [0, 0.1) is 50.2 Å². The Morgan fingerprint density at radius 3 is 2.23 bits per heavy atom. The molecular weight excluding hydrogens is 599 g/mol. The van der Waals surface area contributed by atoms with E-state index in [1.165, 1.54) is 5.57 Å². The highest BCUT2D eigenvalue weighted by Crippen LogP contribution is 2.81. The van der Waals surface area contributed by atoms with Gasteiger partial charge in [-0.15, -0.1) is 0 Å². The Morgan fingerprint density at radius 2 is 1.62 bits per heavy atom. The molecule has 2 aliphatic heterocycles. The summed E-state index contributed by atoms with van der Waals surface area (Å²) in [5.41, 5.74) is -2.08. The number of fused-ring (bicyclic) bond motifs is 5. The Balaban J connectivity index is 1.35. The quantitative estimate of drug-likeness (QED) is 0.357. The van der Waals surface area contributed by atoms with Gasteiger partial charge >= 0.3 is 25.0 Å². The van der Waals surface area contributed by atoms with Crippen molar-refractivity contribution in [2.45, 2.75) is 123 Å². The van der Waals surface area contributed by atoms with Gasteiger partial charge in [0.05, 0.1) is 24.1 Å². The van der Waals surface area contributed by atoms with E-state index in [0.29, 0.717) is 12.8 Å². The molecule has 7 atom stereocenters. The van der Waals surface area contributed by atoms with Crippen LogP contribution in [0.2, 0.25) is 5.31 Å². The lowest BCUT2D eigenvalue weighted by Gasteiger charge is -2.69. The van der Waals surface area contributed by atoms with Crippen LogP contribution in [0.1, 0.15) is 106 Å². The van der Waals surface area contributed by atoms with Crippen molar-refractivity contribution in [1.29, 1.82) is 5.26 Å². The van der Waals surface area contributed by atoms with Crippen LogP contribution in [0.25, 0.3) is 0 Å². The smallest absolute Gasteiger partial charge is 0.507 e. The summed E-state index contributed by atoms with van der Waals surface area (Å²) in [6.07, 6.45) is 8.01. The Hall–Kier alpha value is -3.26. The lowest BCUT2D eigenvalue weighted by molar-refractivity contribution is -0.157. The summed E-state index contributed by atoms with van der Waals surface area (Å²) in [5.74, 6) is -3.72. The minimum absolute atomic E-state index is 0.0357. The van der Waals surface area contributed by atoms with E-state index >= 15 is 0 Å². The van der Waals surface area contributed by atoms with Gasteiger partial charge in [-0.25, -0.2) is 0 Å². The minimum atomic E-state index is -2.09. The maximum absolute atomic E-state index is 13.4. The molecule has 7 rings (SSSR count). The highest BCUT2D eigenvalue weighted by atomic mass is 16.7. The second kappa shape index (κ2) is 9.25. The second-order valence-electron chi connectivity index (χ2n) is 17.7. The standard InChI is InChI=1S/C36H45BN2O8/c1-29(2)10-12-34(37-46-28(45)35(47-37,17-25(40)41)18-26(42)43)13-11-33(7)32(6)9-8-21-30(3,4)27(44)20(19-38)15-31(21,5)22(32)14-24-36(33,39-24)23(34)16-29/h14-15,21,23H,8-13,16-18H2,1-7H3,(H,40,41)(H,42,43)/t21-,23+,31-,32+,33-,34-,36+/m0/s1. The van der Waals surface area contributed by atoms with Gasteiger partial charge in [-0.3, -0.25) is 24.2 Å². The summed E-state index contributed by atoms with van der Waals surface area (Å²) in [5, 5.41) is 28.7. The topological polar surface area (TPSA) is 163 Å². The van der Waals surface area contributed by atoms with Crippen molar-refractivity contribution < 1.29 is 38.7 Å².